The minimum atomic E-state index is -0.529. The molecular weight excluding hydrogens is 103 g/mol. The van der Waals surface area contributed by atoms with Gasteiger partial charge in [0.2, 0.25) is 0 Å². The predicted octanol–water partition coefficient (Wildman–Crippen LogP) is 2.11. The minimum Gasteiger partial charge on any atom is -0.115 e. The first-order chi connectivity index (χ1) is 3.12. The van der Waals surface area contributed by atoms with Gasteiger partial charge in [0.25, 0.3) is 0 Å². The van der Waals surface area contributed by atoms with Crippen molar-refractivity contribution in [3.63, 3.8) is 0 Å². The largest absolute Gasteiger partial charge is 0.115 e. The first kappa shape index (κ1) is 7.30. The molecule has 0 unspecified atom stereocenters. The molecule has 0 saturated heterocycles. The molecule has 7 heavy (non-hydrogen) atoms. The van der Waals surface area contributed by atoms with Crippen LogP contribution in [0.15, 0.2) is 0 Å². The van der Waals surface area contributed by atoms with Gasteiger partial charge in [-0.2, -0.15) is 0 Å². The summed E-state index contributed by atoms with van der Waals surface area (Å²) in [6.07, 6.45) is 1.35. The van der Waals surface area contributed by atoms with Crippen LogP contribution in [-0.2, 0) is 0 Å². The number of hydrogen-bond acceptors (Lipinski definition) is 0. The van der Waals surface area contributed by atoms with Gasteiger partial charge in [-0.25, -0.2) is 0 Å². The molecule has 0 amide bonds. The predicted molar refractivity (Wildman–Crippen MR) is 41.0 cm³/mol. The third-order valence-electron chi connectivity index (χ3n) is 1.51. The third-order valence-corrected chi connectivity index (χ3v) is 4.54. The molecule has 0 aromatic heterocycles. The Balaban J connectivity index is 3.85. The zero-order chi connectivity index (χ0) is 5.91. The van der Waals surface area contributed by atoms with E-state index in [9.17, 15) is 0 Å². The van der Waals surface area contributed by atoms with Crippen LogP contribution < -0.4 is 0 Å². The first-order valence-electron chi connectivity index (χ1n) is 2.75. The van der Waals surface area contributed by atoms with Gasteiger partial charge in [0.05, 0.1) is 0 Å². The summed E-state index contributed by atoms with van der Waals surface area (Å²) >= 11 is 0. The van der Waals surface area contributed by atoms with Crippen LogP contribution in [0.25, 0.3) is 0 Å². The fraction of sp³-hybridized carbons (Fsp3) is 0.833. The smallest absolute Gasteiger partial charge is 0.0363 e. The molecule has 0 aliphatic heterocycles. The lowest BCUT2D eigenvalue weighted by atomic mass is 11.0. The van der Waals surface area contributed by atoms with Crippen LogP contribution >= 0.6 is 6.89 Å². The lowest BCUT2D eigenvalue weighted by Gasteiger charge is -2.08. The van der Waals surface area contributed by atoms with E-state index in [1.165, 1.54) is 6.16 Å². The SMILES string of the molecule is CC=P(C)(C)CC. The molecule has 0 aromatic rings. The second kappa shape index (κ2) is 2.57. The first-order valence-corrected chi connectivity index (χ1v) is 5.69. The Morgan fingerprint density at radius 1 is 1.43 bits per heavy atom. The Bertz CT molecular complexity index is 86.4. The molecule has 0 saturated carbocycles. The van der Waals surface area contributed by atoms with Crippen LogP contribution in [-0.4, -0.2) is 25.3 Å². The summed E-state index contributed by atoms with van der Waals surface area (Å²) in [7, 11) is 0. The summed E-state index contributed by atoms with van der Waals surface area (Å²) < 4.78 is 0. The van der Waals surface area contributed by atoms with E-state index in [-0.39, 0.29) is 0 Å². The van der Waals surface area contributed by atoms with Crippen molar-refractivity contribution in [1.29, 1.82) is 0 Å². The average molecular weight is 118 g/mol. The number of hydrogen-bond donors (Lipinski definition) is 0. The van der Waals surface area contributed by atoms with Crippen molar-refractivity contribution in [1.82, 2.24) is 0 Å². The summed E-state index contributed by atoms with van der Waals surface area (Å²) in [4.78, 5) is 0. The molecule has 0 fully saturated rings. The van der Waals surface area contributed by atoms with E-state index in [1.807, 2.05) is 0 Å². The molecule has 0 aliphatic carbocycles. The Morgan fingerprint density at radius 2 is 1.86 bits per heavy atom. The highest BCUT2D eigenvalue weighted by Crippen LogP contribution is 2.35. The zero-order valence-electron chi connectivity index (χ0n) is 5.73. The molecule has 1 heteroatoms. The molecule has 0 aliphatic rings. The van der Waals surface area contributed by atoms with Crippen molar-refractivity contribution >= 4 is 12.7 Å². The van der Waals surface area contributed by atoms with Gasteiger partial charge in [0.1, 0.15) is 0 Å². The third kappa shape index (κ3) is 2.93. The summed E-state index contributed by atoms with van der Waals surface area (Å²) in [5.41, 5.74) is 0. The van der Waals surface area contributed by atoms with Gasteiger partial charge in [-0.15, -0.1) is 6.89 Å². The minimum absolute atomic E-state index is 0.529. The van der Waals surface area contributed by atoms with Gasteiger partial charge in [-0.3, -0.25) is 0 Å². The van der Waals surface area contributed by atoms with Crippen molar-refractivity contribution in [2.45, 2.75) is 13.8 Å². The summed E-state index contributed by atoms with van der Waals surface area (Å²) in [6.45, 7) is 8.60. The van der Waals surface area contributed by atoms with Crippen molar-refractivity contribution in [2.24, 2.45) is 0 Å². The summed E-state index contributed by atoms with van der Waals surface area (Å²) in [6, 6.07) is 0. The number of rotatable bonds is 1. The summed E-state index contributed by atoms with van der Waals surface area (Å²) in [5, 5.41) is 0. The van der Waals surface area contributed by atoms with E-state index >= 15 is 0 Å². The van der Waals surface area contributed by atoms with Crippen LogP contribution in [0, 0.1) is 0 Å². The van der Waals surface area contributed by atoms with Gasteiger partial charge in [-0.1, -0.05) is 12.7 Å². The average Bonchev–Trinajstić information content (AvgIpc) is 1.68. The van der Waals surface area contributed by atoms with Crippen LogP contribution in [0.5, 0.6) is 0 Å². The van der Waals surface area contributed by atoms with Gasteiger partial charge in [0, 0.05) is 0 Å². The molecule has 0 atom stereocenters. The van der Waals surface area contributed by atoms with Gasteiger partial charge >= 0.3 is 0 Å². The van der Waals surface area contributed by atoms with Crippen LogP contribution in [0.3, 0.4) is 0 Å². The Labute approximate surface area is 46.9 Å². The normalized spacial score (nSPS) is 11.4. The quantitative estimate of drug-likeness (QED) is 0.462. The van der Waals surface area contributed by atoms with E-state index in [0.29, 0.717) is 0 Å². The van der Waals surface area contributed by atoms with Crippen molar-refractivity contribution in [3.05, 3.63) is 0 Å². The van der Waals surface area contributed by atoms with E-state index in [0.717, 1.165) is 0 Å². The lowest BCUT2D eigenvalue weighted by molar-refractivity contribution is 1.49. The molecule has 0 N–H and O–H groups in total. The van der Waals surface area contributed by atoms with E-state index < -0.39 is 6.89 Å². The van der Waals surface area contributed by atoms with E-state index in [2.05, 4.69) is 33.0 Å². The molecule has 0 bridgehead atoms. The van der Waals surface area contributed by atoms with Crippen molar-refractivity contribution < 1.29 is 0 Å². The Morgan fingerprint density at radius 3 is 1.86 bits per heavy atom. The Kier molecular flexibility index (Phi) is 2.68. The maximum Gasteiger partial charge on any atom is -0.0363 e. The fourth-order valence-electron chi connectivity index (χ4n) is 0.183. The highest BCUT2D eigenvalue weighted by Gasteiger charge is 1.92. The highest BCUT2D eigenvalue weighted by atomic mass is 31.2. The van der Waals surface area contributed by atoms with Crippen molar-refractivity contribution in [3.8, 4) is 0 Å². The summed E-state index contributed by atoms with van der Waals surface area (Å²) in [5.74, 6) is 2.35. The molecule has 44 valence electrons. The zero-order valence-corrected chi connectivity index (χ0v) is 6.63. The van der Waals surface area contributed by atoms with Gasteiger partial charge < -0.3 is 0 Å². The van der Waals surface area contributed by atoms with Gasteiger partial charge in [-0.05, 0) is 26.4 Å². The fourth-order valence-corrected chi connectivity index (χ4v) is 0.548. The monoisotopic (exact) mass is 118 g/mol. The topological polar surface area (TPSA) is 0 Å². The standard InChI is InChI=1S/C6H15P/c1-5-7(3,4)6-2/h5H,6H2,1-4H3. The van der Waals surface area contributed by atoms with Crippen LogP contribution in [0.1, 0.15) is 13.8 Å². The van der Waals surface area contributed by atoms with E-state index in [1.54, 1.807) is 0 Å². The van der Waals surface area contributed by atoms with Gasteiger partial charge in [0.15, 0.2) is 0 Å². The molecule has 0 rings (SSSR count). The van der Waals surface area contributed by atoms with Crippen LogP contribution in [0.2, 0.25) is 0 Å². The lowest BCUT2D eigenvalue weighted by Crippen LogP contribution is -1.80. The second-order valence-electron chi connectivity index (χ2n) is 2.35. The second-order valence-corrected chi connectivity index (χ2v) is 7.06. The molecule has 0 radical (unpaired) electrons. The van der Waals surface area contributed by atoms with Crippen molar-refractivity contribution in [2.75, 3.05) is 19.5 Å². The molecular formula is C6H15P. The highest BCUT2D eigenvalue weighted by molar-refractivity contribution is 7.73. The molecule has 0 spiro atoms. The molecule has 0 aromatic carbocycles. The Hall–Kier alpha value is 0.300. The maximum absolute atomic E-state index is 2.35. The molecule has 0 nitrogen and oxygen atoms in total. The van der Waals surface area contributed by atoms with E-state index in [4.69, 9.17) is 0 Å². The molecule has 0 heterocycles. The maximum atomic E-state index is 2.35. The van der Waals surface area contributed by atoms with Crippen LogP contribution in [0.4, 0.5) is 0 Å².